The fourth-order valence-corrected chi connectivity index (χ4v) is 0.948. The van der Waals surface area contributed by atoms with Gasteiger partial charge in [-0.05, 0) is 20.8 Å². The van der Waals surface area contributed by atoms with Crippen molar-refractivity contribution in [1.29, 1.82) is 0 Å². The summed E-state index contributed by atoms with van der Waals surface area (Å²) in [7, 11) is 0. The fourth-order valence-electron chi connectivity index (χ4n) is 0.948. The molecule has 1 rings (SSSR count). The van der Waals surface area contributed by atoms with Crippen LogP contribution in [-0.2, 0) is 4.74 Å². The molecule has 0 atom stereocenters. The summed E-state index contributed by atoms with van der Waals surface area (Å²) in [5, 5.41) is 0. The van der Waals surface area contributed by atoms with Crippen molar-refractivity contribution in [3.05, 3.63) is 0 Å². The first kappa shape index (κ1) is 9.52. The minimum Gasteiger partial charge on any atom is -0.378 e. The van der Waals surface area contributed by atoms with Gasteiger partial charge in [-0.1, -0.05) is 0 Å². The first-order valence-electron chi connectivity index (χ1n) is 4.45. The smallest absolute Gasteiger partial charge is 0.0857 e. The van der Waals surface area contributed by atoms with Crippen LogP contribution < -0.4 is 0 Å². The molecule has 0 aromatic heterocycles. The molecule has 1 fully saturated rings. The summed E-state index contributed by atoms with van der Waals surface area (Å²) >= 11 is 0. The van der Waals surface area contributed by atoms with Gasteiger partial charge in [-0.15, -0.1) is 0 Å². The number of nitrogens with zero attached hydrogens (tertiary/aromatic N) is 2. The van der Waals surface area contributed by atoms with E-state index in [1.807, 2.05) is 6.34 Å². The van der Waals surface area contributed by atoms with Gasteiger partial charge in [0.15, 0.2) is 0 Å². The number of rotatable bonds is 1. The van der Waals surface area contributed by atoms with Crippen LogP contribution in [0.25, 0.3) is 0 Å². The molecule has 0 saturated carbocycles. The predicted octanol–water partition coefficient (Wildman–Crippen LogP) is 1.15. The second-order valence-corrected chi connectivity index (χ2v) is 4.06. The Morgan fingerprint density at radius 3 is 2.33 bits per heavy atom. The maximum absolute atomic E-state index is 5.23. The van der Waals surface area contributed by atoms with E-state index in [1.165, 1.54) is 0 Å². The maximum Gasteiger partial charge on any atom is 0.0857 e. The van der Waals surface area contributed by atoms with Crippen molar-refractivity contribution < 1.29 is 4.74 Å². The molecule has 0 aromatic carbocycles. The molecule has 0 aliphatic carbocycles. The van der Waals surface area contributed by atoms with E-state index in [4.69, 9.17) is 4.74 Å². The Labute approximate surface area is 74.4 Å². The molecule has 3 nitrogen and oxygen atoms in total. The minimum absolute atomic E-state index is 0.0400. The van der Waals surface area contributed by atoms with Crippen LogP contribution in [0.4, 0.5) is 0 Å². The second-order valence-electron chi connectivity index (χ2n) is 4.06. The first-order valence-corrected chi connectivity index (χ1v) is 4.45. The number of ether oxygens (including phenoxy) is 1. The van der Waals surface area contributed by atoms with Crippen molar-refractivity contribution in [3.8, 4) is 0 Å². The molecule has 0 bridgehead atoms. The number of morpholine rings is 1. The lowest BCUT2D eigenvalue weighted by atomic mass is 10.1. The summed E-state index contributed by atoms with van der Waals surface area (Å²) in [4.78, 5) is 6.63. The standard InChI is InChI=1S/C9H18N2O/c1-9(2,3)10-8-11-4-6-12-7-5-11/h8H,4-7H2,1-3H3/b10-8+. The lowest BCUT2D eigenvalue weighted by Crippen LogP contribution is -2.35. The number of hydrogen-bond donors (Lipinski definition) is 0. The Balaban J connectivity index is 2.33. The summed E-state index contributed by atoms with van der Waals surface area (Å²) in [5.41, 5.74) is 0.0400. The lowest BCUT2D eigenvalue weighted by Gasteiger charge is -2.25. The van der Waals surface area contributed by atoms with Crippen molar-refractivity contribution >= 4 is 6.34 Å². The molecule has 3 heteroatoms. The highest BCUT2D eigenvalue weighted by atomic mass is 16.5. The third-order valence-electron chi connectivity index (χ3n) is 1.65. The minimum atomic E-state index is 0.0400. The van der Waals surface area contributed by atoms with Crippen LogP contribution in [0.3, 0.4) is 0 Å². The molecular weight excluding hydrogens is 152 g/mol. The van der Waals surface area contributed by atoms with Crippen LogP contribution in [0.15, 0.2) is 4.99 Å². The zero-order valence-corrected chi connectivity index (χ0v) is 8.21. The third-order valence-corrected chi connectivity index (χ3v) is 1.65. The van der Waals surface area contributed by atoms with E-state index in [2.05, 4.69) is 30.7 Å². The molecule has 0 aromatic rings. The molecule has 0 radical (unpaired) electrons. The molecule has 0 unspecified atom stereocenters. The molecule has 0 spiro atoms. The van der Waals surface area contributed by atoms with Gasteiger partial charge in [-0.25, -0.2) is 0 Å². The first-order chi connectivity index (χ1) is 5.58. The van der Waals surface area contributed by atoms with Gasteiger partial charge >= 0.3 is 0 Å². The normalized spacial score (nSPS) is 20.4. The lowest BCUT2D eigenvalue weighted by molar-refractivity contribution is 0.0698. The number of aliphatic imine (C=N–C) groups is 1. The molecule has 0 N–H and O–H groups in total. The third kappa shape index (κ3) is 3.72. The molecule has 1 aliphatic rings. The largest absolute Gasteiger partial charge is 0.378 e. The Morgan fingerprint density at radius 1 is 1.25 bits per heavy atom. The quantitative estimate of drug-likeness (QED) is 0.435. The fraction of sp³-hybridized carbons (Fsp3) is 0.889. The Bertz CT molecular complexity index is 154. The van der Waals surface area contributed by atoms with Gasteiger partial charge < -0.3 is 9.64 Å². The van der Waals surface area contributed by atoms with Crippen LogP contribution in [0.1, 0.15) is 20.8 Å². The van der Waals surface area contributed by atoms with E-state index in [-0.39, 0.29) is 5.54 Å². The highest BCUT2D eigenvalue weighted by Crippen LogP contribution is 2.05. The Kier molecular flexibility index (Phi) is 3.09. The van der Waals surface area contributed by atoms with Gasteiger partial charge in [0.05, 0.1) is 25.1 Å². The molecule has 12 heavy (non-hydrogen) atoms. The average Bonchev–Trinajstić information content (AvgIpc) is 2.02. The summed E-state index contributed by atoms with van der Waals surface area (Å²) in [6, 6.07) is 0. The van der Waals surface area contributed by atoms with E-state index in [0.29, 0.717) is 0 Å². The van der Waals surface area contributed by atoms with Crippen LogP contribution >= 0.6 is 0 Å². The second kappa shape index (κ2) is 3.90. The Hall–Kier alpha value is -0.570. The molecular formula is C9H18N2O. The predicted molar refractivity (Wildman–Crippen MR) is 50.6 cm³/mol. The van der Waals surface area contributed by atoms with Crippen molar-refractivity contribution in [1.82, 2.24) is 4.90 Å². The van der Waals surface area contributed by atoms with Crippen LogP contribution in [0.2, 0.25) is 0 Å². The van der Waals surface area contributed by atoms with Crippen LogP contribution in [-0.4, -0.2) is 43.1 Å². The molecule has 0 amide bonds. The van der Waals surface area contributed by atoms with Gasteiger partial charge in [-0.2, -0.15) is 0 Å². The van der Waals surface area contributed by atoms with Crippen LogP contribution in [0.5, 0.6) is 0 Å². The summed E-state index contributed by atoms with van der Waals surface area (Å²) in [5.74, 6) is 0. The monoisotopic (exact) mass is 170 g/mol. The highest BCUT2D eigenvalue weighted by Gasteiger charge is 2.09. The van der Waals surface area contributed by atoms with E-state index < -0.39 is 0 Å². The highest BCUT2D eigenvalue weighted by molar-refractivity contribution is 5.55. The average molecular weight is 170 g/mol. The van der Waals surface area contributed by atoms with E-state index in [1.54, 1.807) is 0 Å². The van der Waals surface area contributed by atoms with Gasteiger partial charge in [0, 0.05) is 13.1 Å². The molecule has 1 aliphatic heterocycles. The molecule has 70 valence electrons. The maximum atomic E-state index is 5.23. The van der Waals surface area contributed by atoms with Gasteiger partial charge in [0.2, 0.25) is 0 Å². The van der Waals surface area contributed by atoms with Crippen molar-refractivity contribution in [3.63, 3.8) is 0 Å². The van der Waals surface area contributed by atoms with Gasteiger partial charge in [-0.3, -0.25) is 4.99 Å². The summed E-state index contributed by atoms with van der Waals surface area (Å²) in [6.07, 6.45) is 1.95. The molecule has 1 saturated heterocycles. The van der Waals surface area contributed by atoms with Gasteiger partial charge in [0.1, 0.15) is 0 Å². The van der Waals surface area contributed by atoms with Gasteiger partial charge in [0.25, 0.3) is 0 Å². The van der Waals surface area contributed by atoms with Crippen molar-refractivity contribution in [2.75, 3.05) is 26.3 Å². The zero-order chi connectivity index (χ0) is 9.03. The topological polar surface area (TPSA) is 24.8 Å². The number of hydrogen-bond acceptors (Lipinski definition) is 2. The van der Waals surface area contributed by atoms with Crippen LogP contribution in [0, 0.1) is 0 Å². The van der Waals surface area contributed by atoms with E-state index in [0.717, 1.165) is 26.3 Å². The van der Waals surface area contributed by atoms with Crippen molar-refractivity contribution in [2.24, 2.45) is 4.99 Å². The van der Waals surface area contributed by atoms with Crippen molar-refractivity contribution in [2.45, 2.75) is 26.3 Å². The summed E-state index contributed by atoms with van der Waals surface area (Å²) < 4.78 is 5.23. The summed E-state index contributed by atoms with van der Waals surface area (Å²) in [6.45, 7) is 9.91. The van der Waals surface area contributed by atoms with E-state index in [9.17, 15) is 0 Å². The molecule has 1 heterocycles. The zero-order valence-electron chi connectivity index (χ0n) is 8.21. The SMILES string of the molecule is CC(C)(C)/N=C/N1CCOCC1. The Morgan fingerprint density at radius 2 is 1.83 bits per heavy atom. The van der Waals surface area contributed by atoms with E-state index >= 15 is 0 Å².